The number of carbonyl (C=O) groups is 2. The van der Waals surface area contributed by atoms with Crippen LogP contribution in [0.15, 0.2) is 18.2 Å². The Morgan fingerprint density at radius 1 is 1.36 bits per heavy atom. The van der Waals surface area contributed by atoms with Gasteiger partial charge in [0.15, 0.2) is 0 Å². The van der Waals surface area contributed by atoms with Gasteiger partial charge in [0.05, 0.1) is 22.8 Å². The third kappa shape index (κ3) is 4.03. The van der Waals surface area contributed by atoms with Crippen molar-refractivity contribution in [2.75, 3.05) is 19.7 Å². The van der Waals surface area contributed by atoms with Gasteiger partial charge in [-0.05, 0) is 17.7 Å². The van der Waals surface area contributed by atoms with Crippen LogP contribution >= 0.6 is 23.2 Å². The maximum atomic E-state index is 11.3. The number of benzene rings is 1. The molecule has 0 radical (unpaired) electrons. The van der Waals surface area contributed by atoms with Crippen LogP contribution in [-0.2, 0) is 9.53 Å². The molecule has 0 unspecified atom stereocenters. The number of halogens is 2. The Balaban J connectivity index is 2.30. The Morgan fingerprint density at radius 3 is 2.68 bits per heavy atom. The van der Waals surface area contributed by atoms with E-state index in [2.05, 4.69) is 0 Å². The second-order valence-electron chi connectivity index (χ2n) is 5.12. The monoisotopic (exact) mass is 346 g/mol. The Kier molecular flexibility index (Phi) is 5.50. The standard InChI is InChI=1S/C14H16Cl2N2O4/c15-10-2-1-8(5-11(10)16)13-9(6-12(17)19)7-18(14(20)21)3-4-22-13/h1-2,5,9,13H,3-4,6-7H2,(H2,17,19)(H,20,21)/t9-,13+/m1/s1. The van der Waals surface area contributed by atoms with Crippen molar-refractivity contribution in [1.82, 2.24) is 4.90 Å². The molecule has 2 amide bonds. The number of carboxylic acid groups (broad SMARTS) is 1. The van der Waals surface area contributed by atoms with Gasteiger partial charge in [-0.25, -0.2) is 4.79 Å². The molecular formula is C14H16Cl2N2O4. The summed E-state index contributed by atoms with van der Waals surface area (Å²) in [5.74, 6) is -0.890. The van der Waals surface area contributed by atoms with Gasteiger partial charge in [0.25, 0.3) is 0 Å². The number of carbonyl (C=O) groups excluding carboxylic acids is 1. The van der Waals surface area contributed by atoms with E-state index in [9.17, 15) is 9.59 Å². The lowest BCUT2D eigenvalue weighted by Gasteiger charge is -2.26. The zero-order chi connectivity index (χ0) is 16.3. The Labute approximate surface area is 137 Å². The minimum Gasteiger partial charge on any atom is -0.465 e. The van der Waals surface area contributed by atoms with E-state index in [0.717, 1.165) is 5.56 Å². The first-order chi connectivity index (χ1) is 10.4. The van der Waals surface area contributed by atoms with Gasteiger partial charge in [-0.2, -0.15) is 0 Å². The van der Waals surface area contributed by atoms with E-state index in [-0.39, 0.29) is 32.0 Å². The molecule has 1 heterocycles. The molecule has 6 nitrogen and oxygen atoms in total. The average Bonchev–Trinajstić information content (AvgIpc) is 2.64. The van der Waals surface area contributed by atoms with Crippen LogP contribution in [0.4, 0.5) is 4.79 Å². The molecule has 0 spiro atoms. The van der Waals surface area contributed by atoms with Gasteiger partial charge >= 0.3 is 6.09 Å². The highest BCUT2D eigenvalue weighted by molar-refractivity contribution is 6.42. The summed E-state index contributed by atoms with van der Waals surface area (Å²) in [4.78, 5) is 23.7. The topological polar surface area (TPSA) is 92.9 Å². The first-order valence-corrected chi connectivity index (χ1v) is 7.46. The molecule has 0 aliphatic carbocycles. The van der Waals surface area contributed by atoms with Crippen LogP contribution in [0.1, 0.15) is 18.1 Å². The van der Waals surface area contributed by atoms with Gasteiger partial charge < -0.3 is 20.5 Å². The van der Waals surface area contributed by atoms with Crippen LogP contribution in [0.3, 0.4) is 0 Å². The van der Waals surface area contributed by atoms with E-state index >= 15 is 0 Å². The van der Waals surface area contributed by atoms with E-state index in [4.69, 9.17) is 38.8 Å². The van der Waals surface area contributed by atoms with Gasteiger partial charge in [0.1, 0.15) is 0 Å². The van der Waals surface area contributed by atoms with Crippen molar-refractivity contribution in [3.05, 3.63) is 33.8 Å². The van der Waals surface area contributed by atoms with Crippen molar-refractivity contribution < 1.29 is 19.4 Å². The Morgan fingerprint density at radius 2 is 2.09 bits per heavy atom. The fraction of sp³-hybridized carbons (Fsp3) is 0.429. The first kappa shape index (κ1) is 16.9. The first-order valence-electron chi connectivity index (χ1n) is 6.71. The molecule has 2 rings (SSSR count). The molecule has 1 aromatic carbocycles. The van der Waals surface area contributed by atoms with Gasteiger partial charge in [0.2, 0.25) is 5.91 Å². The molecule has 0 bridgehead atoms. The predicted molar refractivity (Wildman–Crippen MR) is 82.1 cm³/mol. The number of nitrogens with zero attached hydrogens (tertiary/aromatic N) is 1. The van der Waals surface area contributed by atoms with Crippen molar-refractivity contribution in [1.29, 1.82) is 0 Å². The van der Waals surface area contributed by atoms with Crippen molar-refractivity contribution in [2.24, 2.45) is 11.7 Å². The number of nitrogens with two attached hydrogens (primary N) is 1. The Bertz CT molecular complexity index is 582. The summed E-state index contributed by atoms with van der Waals surface area (Å²) in [5.41, 5.74) is 6.03. The summed E-state index contributed by atoms with van der Waals surface area (Å²) in [6, 6.07) is 5.06. The summed E-state index contributed by atoms with van der Waals surface area (Å²) in [6.45, 7) is 0.637. The summed E-state index contributed by atoms with van der Waals surface area (Å²) in [5, 5.41) is 9.96. The maximum Gasteiger partial charge on any atom is 0.407 e. The van der Waals surface area contributed by atoms with Crippen molar-refractivity contribution >= 4 is 35.2 Å². The maximum absolute atomic E-state index is 11.3. The van der Waals surface area contributed by atoms with Gasteiger partial charge in [0, 0.05) is 25.4 Å². The Hall–Kier alpha value is -1.50. The van der Waals surface area contributed by atoms with E-state index in [1.165, 1.54) is 4.90 Å². The highest BCUT2D eigenvalue weighted by Gasteiger charge is 2.32. The average molecular weight is 347 g/mol. The lowest BCUT2D eigenvalue weighted by molar-refractivity contribution is -0.120. The van der Waals surface area contributed by atoms with E-state index in [1.54, 1.807) is 18.2 Å². The SMILES string of the molecule is NC(=O)C[C@@H]1CN(C(=O)O)CCO[C@H]1c1ccc(Cl)c(Cl)c1. The minimum absolute atomic E-state index is 0.0225. The highest BCUT2D eigenvalue weighted by atomic mass is 35.5. The fourth-order valence-corrected chi connectivity index (χ4v) is 2.86. The molecule has 1 fully saturated rings. The third-order valence-electron chi connectivity index (χ3n) is 3.55. The van der Waals surface area contributed by atoms with Crippen molar-refractivity contribution in [3.63, 3.8) is 0 Å². The largest absolute Gasteiger partial charge is 0.465 e. The third-order valence-corrected chi connectivity index (χ3v) is 4.29. The van der Waals surface area contributed by atoms with E-state index in [1.807, 2.05) is 0 Å². The highest BCUT2D eigenvalue weighted by Crippen LogP contribution is 2.34. The smallest absolute Gasteiger partial charge is 0.407 e. The van der Waals surface area contributed by atoms with Crippen molar-refractivity contribution in [3.8, 4) is 0 Å². The number of hydrogen-bond donors (Lipinski definition) is 2. The number of rotatable bonds is 3. The number of hydrogen-bond acceptors (Lipinski definition) is 3. The normalized spacial score (nSPS) is 22.2. The van der Waals surface area contributed by atoms with Gasteiger partial charge in [-0.15, -0.1) is 0 Å². The lowest BCUT2D eigenvalue weighted by atomic mass is 9.92. The molecular weight excluding hydrogens is 331 g/mol. The van der Waals surface area contributed by atoms with Crippen LogP contribution < -0.4 is 5.73 Å². The molecule has 0 aromatic heterocycles. The molecule has 3 N–H and O–H groups in total. The minimum atomic E-state index is -1.05. The zero-order valence-electron chi connectivity index (χ0n) is 11.7. The zero-order valence-corrected chi connectivity index (χ0v) is 13.2. The van der Waals surface area contributed by atoms with Crippen LogP contribution in [0.25, 0.3) is 0 Å². The second-order valence-corrected chi connectivity index (χ2v) is 5.94. The summed E-state index contributed by atoms with van der Waals surface area (Å²) in [7, 11) is 0. The molecule has 8 heteroatoms. The quantitative estimate of drug-likeness (QED) is 0.879. The molecule has 22 heavy (non-hydrogen) atoms. The van der Waals surface area contributed by atoms with Crippen LogP contribution in [-0.4, -0.2) is 41.7 Å². The second kappa shape index (κ2) is 7.17. The molecule has 120 valence electrons. The van der Waals surface area contributed by atoms with Crippen LogP contribution in [0, 0.1) is 5.92 Å². The predicted octanol–water partition coefficient (Wildman–Crippen LogP) is 2.54. The summed E-state index contributed by atoms with van der Waals surface area (Å²) >= 11 is 11.9. The number of ether oxygens (including phenoxy) is 1. The summed E-state index contributed by atoms with van der Waals surface area (Å²) < 4.78 is 5.76. The molecule has 0 saturated carbocycles. The van der Waals surface area contributed by atoms with Crippen LogP contribution in [0.2, 0.25) is 10.0 Å². The van der Waals surface area contributed by atoms with Gasteiger partial charge in [-0.1, -0.05) is 29.3 Å². The van der Waals surface area contributed by atoms with Crippen LogP contribution in [0.5, 0.6) is 0 Å². The fourth-order valence-electron chi connectivity index (χ4n) is 2.56. The van der Waals surface area contributed by atoms with E-state index in [0.29, 0.717) is 10.0 Å². The summed E-state index contributed by atoms with van der Waals surface area (Å²) in [6.07, 6.45) is -1.49. The molecule has 1 aliphatic rings. The molecule has 1 aromatic rings. The lowest BCUT2D eigenvalue weighted by Crippen LogP contribution is -2.36. The van der Waals surface area contributed by atoms with E-state index < -0.39 is 18.1 Å². The van der Waals surface area contributed by atoms with Crippen molar-refractivity contribution in [2.45, 2.75) is 12.5 Å². The molecule has 2 atom stereocenters. The molecule has 1 saturated heterocycles. The number of primary amides is 1. The number of amides is 2. The van der Waals surface area contributed by atoms with Gasteiger partial charge in [-0.3, -0.25) is 4.79 Å². The molecule has 1 aliphatic heterocycles.